The number of nitrogens with one attached hydrogen (secondary N) is 1. The van der Waals surface area contributed by atoms with Crippen molar-refractivity contribution in [1.29, 1.82) is 0 Å². The lowest BCUT2D eigenvalue weighted by atomic mass is 10.1. The Hall–Kier alpha value is -0.770. The summed E-state index contributed by atoms with van der Waals surface area (Å²) in [6.07, 6.45) is -0.143. The van der Waals surface area contributed by atoms with E-state index in [1.165, 1.54) is 0 Å². The highest BCUT2D eigenvalue weighted by Gasteiger charge is 2.48. The maximum Gasteiger partial charge on any atom is 0.405 e. The summed E-state index contributed by atoms with van der Waals surface area (Å²) < 4.78 is 0. The smallest absolute Gasteiger partial charge is 0.405 e. The number of aliphatic hydroxyl groups is 1. The van der Waals surface area contributed by atoms with E-state index in [2.05, 4.69) is 5.32 Å². The normalized spacial score (nSPS) is 23.4. The maximum absolute atomic E-state index is 10.1. The van der Waals surface area contributed by atoms with Crippen LogP contribution in [0, 0.1) is 0 Å². The fourth-order valence-electron chi connectivity index (χ4n) is 0.995. The first kappa shape index (κ1) is 7.34. The van der Waals surface area contributed by atoms with E-state index in [4.69, 9.17) is 10.2 Å². The Balaban J connectivity index is 2.45. The van der Waals surface area contributed by atoms with Gasteiger partial charge in [-0.1, -0.05) is 0 Å². The molecule has 58 valence electrons. The van der Waals surface area contributed by atoms with E-state index in [9.17, 15) is 4.79 Å². The molecule has 10 heavy (non-hydrogen) atoms. The van der Waals surface area contributed by atoms with Crippen molar-refractivity contribution in [3.8, 4) is 0 Å². The molecule has 1 atom stereocenters. The topological polar surface area (TPSA) is 69.6 Å². The van der Waals surface area contributed by atoms with Crippen LogP contribution in [0.25, 0.3) is 0 Å². The number of hydrogen-bond acceptors (Lipinski definition) is 2. The van der Waals surface area contributed by atoms with E-state index < -0.39 is 17.7 Å². The van der Waals surface area contributed by atoms with Gasteiger partial charge in [-0.25, -0.2) is 4.79 Å². The van der Waals surface area contributed by atoms with Gasteiger partial charge in [0.15, 0.2) is 0 Å². The average Bonchev–Trinajstić information content (AvgIpc) is 2.46. The van der Waals surface area contributed by atoms with E-state index in [1.807, 2.05) is 0 Å². The molecule has 0 heterocycles. The van der Waals surface area contributed by atoms with Gasteiger partial charge in [-0.15, -0.1) is 0 Å². The number of aliphatic hydroxyl groups excluding tert-OH is 1. The van der Waals surface area contributed by atoms with Gasteiger partial charge in [-0.05, 0) is 19.8 Å². The third-order valence-corrected chi connectivity index (χ3v) is 1.94. The molecule has 0 spiro atoms. The summed E-state index contributed by atoms with van der Waals surface area (Å²) in [6, 6.07) is 0. The summed E-state index contributed by atoms with van der Waals surface area (Å²) in [5.41, 5.74) is -0.522. The Morgan fingerprint density at radius 2 is 2.20 bits per heavy atom. The molecule has 1 rings (SSSR count). The lowest BCUT2D eigenvalue weighted by molar-refractivity contribution is 0.123. The molecule has 1 fully saturated rings. The molecule has 0 radical (unpaired) electrons. The van der Waals surface area contributed by atoms with Gasteiger partial charge in [0.2, 0.25) is 0 Å². The van der Waals surface area contributed by atoms with Crippen LogP contribution in [-0.4, -0.2) is 27.9 Å². The summed E-state index contributed by atoms with van der Waals surface area (Å²) in [5.74, 6) is 0. The van der Waals surface area contributed by atoms with Crippen LogP contribution in [0.1, 0.15) is 19.8 Å². The van der Waals surface area contributed by atoms with Crippen molar-refractivity contribution in [2.75, 3.05) is 0 Å². The fraction of sp³-hybridized carbons (Fsp3) is 0.833. The first-order chi connectivity index (χ1) is 4.57. The van der Waals surface area contributed by atoms with Crippen molar-refractivity contribution in [3.63, 3.8) is 0 Å². The highest BCUT2D eigenvalue weighted by molar-refractivity contribution is 5.66. The Morgan fingerprint density at radius 3 is 2.30 bits per heavy atom. The molecule has 4 nitrogen and oxygen atoms in total. The zero-order valence-electron chi connectivity index (χ0n) is 5.79. The van der Waals surface area contributed by atoms with Crippen LogP contribution in [0.5, 0.6) is 0 Å². The van der Waals surface area contributed by atoms with Crippen molar-refractivity contribution in [1.82, 2.24) is 5.32 Å². The summed E-state index contributed by atoms with van der Waals surface area (Å²) >= 11 is 0. The molecule has 0 saturated heterocycles. The minimum absolute atomic E-state index is 0.522. The van der Waals surface area contributed by atoms with Gasteiger partial charge in [0.1, 0.15) is 0 Å². The second-order valence-electron chi connectivity index (χ2n) is 2.76. The largest absolute Gasteiger partial charge is 0.465 e. The van der Waals surface area contributed by atoms with Gasteiger partial charge < -0.3 is 15.5 Å². The zero-order chi connectivity index (χ0) is 7.78. The molecule has 1 saturated carbocycles. The summed E-state index contributed by atoms with van der Waals surface area (Å²) in [5, 5.41) is 19.7. The van der Waals surface area contributed by atoms with Crippen LogP contribution in [0.3, 0.4) is 0 Å². The quantitative estimate of drug-likeness (QED) is 0.518. The predicted molar refractivity (Wildman–Crippen MR) is 34.8 cm³/mol. The summed E-state index contributed by atoms with van der Waals surface area (Å²) in [7, 11) is 0. The van der Waals surface area contributed by atoms with Crippen LogP contribution in [0.15, 0.2) is 0 Å². The Morgan fingerprint density at radius 1 is 1.70 bits per heavy atom. The van der Waals surface area contributed by atoms with Crippen molar-refractivity contribution in [3.05, 3.63) is 0 Å². The molecule has 0 aliphatic heterocycles. The monoisotopic (exact) mass is 145 g/mol. The average molecular weight is 145 g/mol. The predicted octanol–water partition coefficient (Wildman–Crippen LogP) is 0.167. The molecule has 0 aromatic carbocycles. The van der Waals surface area contributed by atoms with E-state index in [1.54, 1.807) is 6.92 Å². The highest BCUT2D eigenvalue weighted by Crippen LogP contribution is 2.38. The van der Waals surface area contributed by atoms with Gasteiger partial charge in [-0.3, -0.25) is 0 Å². The van der Waals surface area contributed by atoms with Gasteiger partial charge in [0, 0.05) is 0 Å². The molecule has 0 bridgehead atoms. The minimum Gasteiger partial charge on any atom is -0.465 e. The van der Waals surface area contributed by atoms with E-state index in [0.717, 1.165) is 12.8 Å². The first-order valence-electron chi connectivity index (χ1n) is 3.26. The third kappa shape index (κ3) is 1.21. The number of hydrogen-bond donors (Lipinski definition) is 3. The van der Waals surface area contributed by atoms with Gasteiger partial charge in [-0.2, -0.15) is 0 Å². The Bertz CT molecular complexity index is 151. The molecular formula is C6H11NO3. The zero-order valence-corrected chi connectivity index (χ0v) is 5.79. The second-order valence-corrected chi connectivity index (χ2v) is 2.76. The van der Waals surface area contributed by atoms with Gasteiger partial charge >= 0.3 is 6.09 Å². The molecule has 1 aliphatic rings. The van der Waals surface area contributed by atoms with Crippen molar-refractivity contribution >= 4 is 6.09 Å². The van der Waals surface area contributed by atoms with Crippen LogP contribution in [0.4, 0.5) is 4.79 Å². The van der Waals surface area contributed by atoms with Crippen LogP contribution in [-0.2, 0) is 0 Å². The van der Waals surface area contributed by atoms with E-state index in [-0.39, 0.29) is 0 Å². The maximum atomic E-state index is 10.1. The standard InChI is InChI=1S/C6H11NO3/c1-4(8)6(2-3-6)7-5(9)10/h4,7-8H,2-3H2,1H3,(H,9,10). The van der Waals surface area contributed by atoms with Crippen molar-refractivity contribution in [2.24, 2.45) is 0 Å². The van der Waals surface area contributed by atoms with E-state index in [0.29, 0.717) is 0 Å². The lowest BCUT2D eigenvalue weighted by Crippen LogP contribution is -2.43. The molecule has 1 aliphatic carbocycles. The third-order valence-electron chi connectivity index (χ3n) is 1.94. The first-order valence-corrected chi connectivity index (χ1v) is 3.26. The minimum atomic E-state index is -1.06. The lowest BCUT2D eigenvalue weighted by Gasteiger charge is -2.17. The van der Waals surface area contributed by atoms with Crippen LogP contribution >= 0.6 is 0 Å². The van der Waals surface area contributed by atoms with Crippen LogP contribution < -0.4 is 5.32 Å². The van der Waals surface area contributed by atoms with Crippen molar-refractivity contribution < 1.29 is 15.0 Å². The molecule has 0 aromatic heterocycles. The van der Waals surface area contributed by atoms with Crippen LogP contribution in [0.2, 0.25) is 0 Å². The molecule has 0 aromatic rings. The number of rotatable bonds is 2. The van der Waals surface area contributed by atoms with Crippen molar-refractivity contribution in [2.45, 2.75) is 31.4 Å². The fourth-order valence-corrected chi connectivity index (χ4v) is 0.995. The van der Waals surface area contributed by atoms with Gasteiger partial charge in [0.25, 0.3) is 0 Å². The summed E-state index contributed by atoms with van der Waals surface area (Å²) in [4.78, 5) is 10.1. The number of carboxylic acid groups (broad SMARTS) is 1. The molecule has 1 amide bonds. The highest BCUT2D eigenvalue weighted by atomic mass is 16.4. The molecular weight excluding hydrogens is 134 g/mol. The number of amides is 1. The molecule has 3 N–H and O–H groups in total. The Kier molecular flexibility index (Phi) is 1.56. The second kappa shape index (κ2) is 2.12. The van der Waals surface area contributed by atoms with Gasteiger partial charge in [0.05, 0.1) is 11.6 Å². The van der Waals surface area contributed by atoms with E-state index >= 15 is 0 Å². The molecule has 4 heteroatoms. The SMILES string of the molecule is CC(O)C1(NC(=O)O)CC1. The molecule has 1 unspecified atom stereocenters. The Labute approximate surface area is 58.9 Å². The summed E-state index contributed by atoms with van der Waals surface area (Å²) in [6.45, 7) is 1.60. The number of carbonyl (C=O) groups is 1.